The molecule has 0 radical (unpaired) electrons. The van der Waals surface area contributed by atoms with E-state index >= 15 is 0 Å². The van der Waals surface area contributed by atoms with Gasteiger partial charge in [-0.1, -0.05) is 6.07 Å². The van der Waals surface area contributed by atoms with Crippen molar-refractivity contribution in [3.63, 3.8) is 0 Å². The Bertz CT molecular complexity index is 1310. The van der Waals surface area contributed by atoms with Crippen molar-refractivity contribution in [1.82, 2.24) is 5.32 Å². The highest BCUT2D eigenvalue weighted by Crippen LogP contribution is 2.32. The van der Waals surface area contributed by atoms with Crippen LogP contribution < -0.4 is 23.8 Å². The molecular weight excluding hydrogens is 487 g/mol. The molecule has 1 aliphatic heterocycles. The standard InChI is InChI=1S/C26H27FN2O6S/c1-3-33-22-9-11-23(12-10-22)36(31,32)29(21-7-5-20(27)6-8-21)17-26(30)28-18(2)19-4-13-24-25(16-19)35-15-14-34-24/h4-13,16,18H,3,14-15,17H2,1-2H3,(H,28,30)/t18-/m1/s1. The largest absolute Gasteiger partial charge is 0.494 e. The second-order valence-electron chi connectivity index (χ2n) is 8.08. The van der Waals surface area contributed by atoms with E-state index in [0.29, 0.717) is 37.1 Å². The van der Waals surface area contributed by atoms with E-state index in [-0.39, 0.29) is 10.6 Å². The SMILES string of the molecule is CCOc1ccc(S(=O)(=O)N(CC(=O)N[C@H](C)c2ccc3c(c2)OCCO3)c2ccc(F)cc2)cc1. The number of sulfonamides is 1. The molecule has 3 aromatic carbocycles. The first kappa shape index (κ1) is 25.3. The Morgan fingerprint density at radius 3 is 2.36 bits per heavy atom. The first-order valence-electron chi connectivity index (χ1n) is 11.5. The Morgan fingerprint density at radius 1 is 1.03 bits per heavy atom. The van der Waals surface area contributed by atoms with Gasteiger partial charge in [0, 0.05) is 0 Å². The third-order valence-corrected chi connectivity index (χ3v) is 7.36. The molecule has 0 aromatic heterocycles. The summed E-state index contributed by atoms with van der Waals surface area (Å²) in [4.78, 5) is 13.0. The van der Waals surface area contributed by atoms with Crippen molar-refractivity contribution in [2.45, 2.75) is 24.8 Å². The van der Waals surface area contributed by atoms with Crippen molar-refractivity contribution >= 4 is 21.6 Å². The molecule has 0 aliphatic carbocycles. The van der Waals surface area contributed by atoms with E-state index in [0.717, 1.165) is 22.0 Å². The van der Waals surface area contributed by atoms with E-state index in [9.17, 15) is 17.6 Å². The van der Waals surface area contributed by atoms with Gasteiger partial charge in [-0.25, -0.2) is 12.8 Å². The number of amides is 1. The normalized spacial score (nSPS) is 13.5. The predicted octanol–water partition coefficient (Wildman–Crippen LogP) is 4.07. The molecule has 0 fully saturated rings. The van der Waals surface area contributed by atoms with E-state index in [2.05, 4.69) is 5.32 Å². The Hall–Kier alpha value is -3.79. The van der Waals surface area contributed by atoms with Crippen LogP contribution in [0.5, 0.6) is 17.2 Å². The lowest BCUT2D eigenvalue weighted by Gasteiger charge is -2.25. The highest BCUT2D eigenvalue weighted by Gasteiger charge is 2.28. The van der Waals surface area contributed by atoms with Crippen LogP contribution in [0, 0.1) is 5.82 Å². The summed E-state index contributed by atoms with van der Waals surface area (Å²) in [6.45, 7) is 4.46. The zero-order chi connectivity index (χ0) is 25.7. The highest BCUT2D eigenvalue weighted by molar-refractivity contribution is 7.92. The van der Waals surface area contributed by atoms with Crippen molar-refractivity contribution in [3.05, 3.63) is 78.1 Å². The van der Waals surface area contributed by atoms with Crippen molar-refractivity contribution < 1.29 is 31.8 Å². The number of hydrogen-bond acceptors (Lipinski definition) is 6. The molecule has 8 nitrogen and oxygen atoms in total. The number of rotatable bonds is 9. The molecular formula is C26H27FN2O6S. The lowest BCUT2D eigenvalue weighted by Crippen LogP contribution is -2.41. The van der Waals surface area contributed by atoms with Crippen molar-refractivity contribution in [3.8, 4) is 17.2 Å². The maximum absolute atomic E-state index is 13.5. The molecule has 4 rings (SSSR count). The van der Waals surface area contributed by atoms with Gasteiger partial charge in [0.15, 0.2) is 11.5 Å². The Kier molecular flexibility index (Phi) is 7.64. The summed E-state index contributed by atoms with van der Waals surface area (Å²) >= 11 is 0. The number of halogens is 1. The van der Waals surface area contributed by atoms with Crippen molar-refractivity contribution in [2.75, 3.05) is 30.7 Å². The lowest BCUT2D eigenvalue weighted by molar-refractivity contribution is -0.120. The van der Waals surface area contributed by atoms with E-state index < -0.39 is 34.3 Å². The monoisotopic (exact) mass is 514 g/mol. The third kappa shape index (κ3) is 5.71. The summed E-state index contributed by atoms with van der Waals surface area (Å²) < 4.78 is 58.1. The van der Waals surface area contributed by atoms with Gasteiger partial charge in [-0.15, -0.1) is 0 Å². The zero-order valence-corrected chi connectivity index (χ0v) is 20.8. The van der Waals surface area contributed by atoms with Crippen LogP contribution in [0.1, 0.15) is 25.5 Å². The number of carbonyl (C=O) groups is 1. The summed E-state index contributed by atoms with van der Waals surface area (Å²) in [5.74, 6) is 0.694. The molecule has 1 N–H and O–H groups in total. The van der Waals surface area contributed by atoms with Crippen LogP contribution in [0.3, 0.4) is 0 Å². The van der Waals surface area contributed by atoms with E-state index in [1.165, 1.54) is 24.3 Å². The first-order valence-corrected chi connectivity index (χ1v) is 12.9. The van der Waals surface area contributed by atoms with Gasteiger partial charge in [-0.2, -0.15) is 0 Å². The van der Waals surface area contributed by atoms with Gasteiger partial charge in [0.25, 0.3) is 10.0 Å². The van der Waals surface area contributed by atoms with Gasteiger partial charge in [0.2, 0.25) is 5.91 Å². The summed E-state index contributed by atoms with van der Waals surface area (Å²) in [6, 6.07) is 15.8. The van der Waals surface area contributed by atoms with Gasteiger partial charge in [0.05, 0.1) is 23.2 Å². The van der Waals surface area contributed by atoms with Crippen LogP contribution in [0.15, 0.2) is 71.6 Å². The molecule has 0 saturated carbocycles. The topological polar surface area (TPSA) is 94.2 Å². The maximum atomic E-state index is 13.5. The number of nitrogens with zero attached hydrogens (tertiary/aromatic N) is 1. The third-order valence-electron chi connectivity index (χ3n) is 5.57. The van der Waals surface area contributed by atoms with Crippen LogP contribution in [-0.2, 0) is 14.8 Å². The molecule has 190 valence electrons. The van der Waals surface area contributed by atoms with Crippen molar-refractivity contribution in [1.29, 1.82) is 0 Å². The van der Waals surface area contributed by atoms with E-state index in [1.807, 2.05) is 13.0 Å². The molecule has 0 bridgehead atoms. The Labute approximate surface area is 209 Å². The average Bonchev–Trinajstić information content (AvgIpc) is 2.88. The summed E-state index contributed by atoms with van der Waals surface area (Å²) in [7, 11) is -4.15. The van der Waals surface area contributed by atoms with E-state index in [4.69, 9.17) is 14.2 Å². The van der Waals surface area contributed by atoms with Gasteiger partial charge in [-0.3, -0.25) is 9.10 Å². The molecule has 1 atom stereocenters. The number of carbonyl (C=O) groups excluding carboxylic acids is 1. The number of nitrogens with one attached hydrogen (secondary N) is 1. The summed E-state index contributed by atoms with van der Waals surface area (Å²) in [6.07, 6.45) is 0. The number of ether oxygens (including phenoxy) is 3. The minimum atomic E-state index is -4.15. The van der Waals surface area contributed by atoms with E-state index in [1.54, 1.807) is 31.2 Å². The minimum Gasteiger partial charge on any atom is -0.494 e. The molecule has 1 aliphatic rings. The van der Waals surface area contributed by atoms with Gasteiger partial charge in [-0.05, 0) is 80.1 Å². The average molecular weight is 515 g/mol. The van der Waals surface area contributed by atoms with Crippen LogP contribution in [0.2, 0.25) is 0 Å². The minimum absolute atomic E-state index is 0.0250. The zero-order valence-electron chi connectivity index (χ0n) is 19.9. The summed E-state index contributed by atoms with van der Waals surface area (Å²) in [5.41, 5.74) is 0.933. The first-order chi connectivity index (χ1) is 17.3. The van der Waals surface area contributed by atoms with Gasteiger partial charge >= 0.3 is 0 Å². The van der Waals surface area contributed by atoms with Crippen molar-refractivity contribution in [2.24, 2.45) is 0 Å². The fourth-order valence-electron chi connectivity index (χ4n) is 3.75. The fraction of sp³-hybridized carbons (Fsp3) is 0.269. The van der Waals surface area contributed by atoms with Crippen LogP contribution in [-0.4, -0.2) is 40.7 Å². The Morgan fingerprint density at radius 2 is 1.69 bits per heavy atom. The smallest absolute Gasteiger partial charge is 0.264 e. The predicted molar refractivity (Wildman–Crippen MR) is 133 cm³/mol. The molecule has 1 amide bonds. The number of fused-ring (bicyclic) bond motifs is 1. The highest BCUT2D eigenvalue weighted by atomic mass is 32.2. The molecule has 36 heavy (non-hydrogen) atoms. The van der Waals surface area contributed by atoms with Crippen LogP contribution in [0.25, 0.3) is 0 Å². The van der Waals surface area contributed by atoms with Gasteiger partial charge in [0.1, 0.15) is 31.3 Å². The molecule has 0 saturated heterocycles. The van der Waals surface area contributed by atoms with Gasteiger partial charge < -0.3 is 19.5 Å². The quantitative estimate of drug-likeness (QED) is 0.463. The Balaban J connectivity index is 1.56. The maximum Gasteiger partial charge on any atom is 0.264 e. The number of anilines is 1. The molecule has 10 heteroatoms. The second-order valence-corrected chi connectivity index (χ2v) is 9.95. The number of benzene rings is 3. The lowest BCUT2D eigenvalue weighted by atomic mass is 10.1. The summed E-state index contributed by atoms with van der Waals surface area (Å²) in [5, 5.41) is 2.83. The second kappa shape index (κ2) is 10.9. The molecule has 3 aromatic rings. The molecule has 0 unspecified atom stereocenters. The molecule has 1 heterocycles. The molecule has 0 spiro atoms. The van der Waals surface area contributed by atoms with Crippen LogP contribution >= 0.6 is 0 Å². The number of hydrogen-bond donors (Lipinski definition) is 1. The van der Waals surface area contributed by atoms with Crippen LogP contribution in [0.4, 0.5) is 10.1 Å². The fourth-order valence-corrected chi connectivity index (χ4v) is 5.18.